The number of nitrogen functional groups attached to an aromatic ring is 1. The second-order valence-electron chi connectivity index (χ2n) is 4.43. The first kappa shape index (κ1) is 13.1. The molecule has 1 aromatic rings. The highest BCUT2D eigenvalue weighted by Gasteiger charge is 2.26. The quantitative estimate of drug-likeness (QED) is 0.865. The Bertz CT molecular complexity index is 423. The van der Waals surface area contributed by atoms with Crippen LogP contribution in [0, 0.1) is 5.92 Å². The number of hydrogen-bond donors (Lipinski definition) is 2. The SMILES string of the molecule is CNC(=O)C1CCN(c2c(N)cncc2Br)CC1. The van der Waals surface area contributed by atoms with Crippen molar-refractivity contribution < 1.29 is 4.79 Å². The molecule has 3 N–H and O–H groups in total. The van der Waals surface area contributed by atoms with Crippen LogP contribution in [0.5, 0.6) is 0 Å². The van der Waals surface area contributed by atoms with E-state index in [1.807, 2.05) is 0 Å². The lowest BCUT2D eigenvalue weighted by molar-refractivity contribution is -0.125. The summed E-state index contributed by atoms with van der Waals surface area (Å²) >= 11 is 3.48. The fourth-order valence-corrected chi connectivity index (χ4v) is 2.94. The van der Waals surface area contributed by atoms with E-state index in [4.69, 9.17) is 5.73 Å². The lowest BCUT2D eigenvalue weighted by Gasteiger charge is -2.33. The number of amides is 1. The zero-order chi connectivity index (χ0) is 13.1. The highest BCUT2D eigenvalue weighted by Crippen LogP contribution is 2.33. The second-order valence-corrected chi connectivity index (χ2v) is 5.29. The maximum absolute atomic E-state index is 11.6. The van der Waals surface area contributed by atoms with Crippen LogP contribution in [0.3, 0.4) is 0 Å². The smallest absolute Gasteiger partial charge is 0.222 e. The molecule has 0 unspecified atom stereocenters. The van der Waals surface area contributed by atoms with Crippen molar-refractivity contribution in [1.82, 2.24) is 10.3 Å². The summed E-state index contributed by atoms with van der Waals surface area (Å²) < 4.78 is 0.904. The first-order chi connectivity index (χ1) is 8.63. The van der Waals surface area contributed by atoms with E-state index in [1.54, 1.807) is 19.4 Å². The third-order valence-corrected chi connectivity index (χ3v) is 3.91. The molecule has 0 aliphatic carbocycles. The van der Waals surface area contributed by atoms with Gasteiger partial charge in [-0.1, -0.05) is 0 Å². The monoisotopic (exact) mass is 312 g/mol. The molecule has 18 heavy (non-hydrogen) atoms. The van der Waals surface area contributed by atoms with Gasteiger partial charge in [0.15, 0.2) is 0 Å². The van der Waals surface area contributed by atoms with E-state index >= 15 is 0 Å². The minimum Gasteiger partial charge on any atom is -0.396 e. The lowest BCUT2D eigenvalue weighted by atomic mass is 9.95. The number of carbonyl (C=O) groups excluding carboxylic acids is 1. The zero-order valence-corrected chi connectivity index (χ0v) is 11.9. The number of halogens is 1. The second kappa shape index (κ2) is 5.56. The minimum atomic E-state index is 0.119. The Morgan fingerprint density at radius 3 is 2.72 bits per heavy atom. The highest BCUT2D eigenvalue weighted by atomic mass is 79.9. The summed E-state index contributed by atoms with van der Waals surface area (Å²) in [6.07, 6.45) is 5.11. The number of nitrogens with zero attached hydrogens (tertiary/aromatic N) is 2. The predicted octanol–water partition coefficient (Wildman–Crippen LogP) is 1.39. The standard InChI is InChI=1S/C12H17BrN4O/c1-15-12(18)8-2-4-17(5-3-8)11-9(13)6-16-7-10(11)14/h6-8H,2-5,14H2,1H3,(H,15,18). The molecule has 1 saturated heterocycles. The molecule has 1 fully saturated rings. The number of aromatic nitrogens is 1. The largest absolute Gasteiger partial charge is 0.396 e. The third-order valence-electron chi connectivity index (χ3n) is 3.33. The molecule has 5 nitrogen and oxygen atoms in total. The van der Waals surface area contributed by atoms with Gasteiger partial charge < -0.3 is 16.0 Å². The number of piperidine rings is 1. The number of nitrogens with two attached hydrogens (primary N) is 1. The summed E-state index contributed by atoms with van der Waals surface area (Å²) in [5.74, 6) is 0.254. The molecule has 1 aromatic heterocycles. The van der Waals surface area contributed by atoms with E-state index in [-0.39, 0.29) is 11.8 Å². The Morgan fingerprint density at radius 1 is 1.50 bits per heavy atom. The molecule has 1 amide bonds. The molecule has 0 saturated carbocycles. The minimum absolute atomic E-state index is 0.119. The molecule has 0 bridgehead atoms. The van der Waals surface area contributed by atoms with Crippen molar-refractivity contribution in [3.8, 4) is 0 Å². The van der Waals surface area contributed by atoms with Crippen LogP contribution in [0.15, 0.2) is 16.9 Å². The van der Waals surface area contributed by atoms with Crippen LogP contribution in [0.25, 0.3) is 0 Å². The van der Waals surface area contributed by atoms with Crippen LogP contribution in [0.1, 0.15) is 12.8 Å². The van der Waals surface area contributed by atoms with Crippen molar-refractivity contribution in [2.75, 3.05) is 30.8 Å². The maximum atomic E-state index is 11.6. The van der Waals surface area contributed by atoms with Crippen LogP contribution in [-0.2, 0) is 4.79 Å². The van der Waals surface area contributed by atoms with Gasteiger partial charge in [0.1, 0.15) is 0 Å². The van der Waals surface area contributed by atoms with E-state index in [2.05, 4.69) is 31.1 Å². The summed E-state index contributed by atoms with van der Waals surface area (Å²) in [4.78, 5) is 17.8. The van der Waals surface area contributed by atoms with Gasteiger partial charge in [0.2, 0.25) is 5.91 Å². The fourth-order valence-electron chi connectivity index (χ4n) is 2.35. The molecule has 1 aliphatic rings. The molecule has 1 aliphatic heterocycles. The van der Waals surface area contributed by atoms with Crippen molar-refractivity contribution in [1.29, 1.82) is 0 Å². The van der Waals surface area contributed by atoms with Crippen molar-refractivity contribution in [2.45, 2.75) is 12.8 Å². The van der Waals surface area contributed by atoms with Gasteiger partial charge in [-0.2, -0.15) is 0 Å². The lowest BCUT2D eigenvalue weighted by Crippen LogP contribution is -2.40. The molecule has 2 rings (SSSR count). The van der Waals surface area contributed by atoms with Crippen LogP contribution < -0.4 is 16.0 Å². The van der Waals surface area contributed by atoms with Gasteiger partial charge >= 0.3 is 0 Å². The van der Waals surface area contributed by atoms with E-state index in [1.165, 1.54) is 0 Å². The molecular weight excluding hydrogens is 296 g/mol. The average Bonchev–Trinajstić information content (AvgIpc) is 2.38. The first-order valence-corrected chi connectivity index (χ1v) is 6.78. The Hall–Kier alpha value is -1.30. The van der Waals surface area contributed by atoms with Gasteiger partial charge in [-0.3, -0.25) is 9.78 Å². The third kappa shape index (κ3) is 2.58. The van der Waals surface area contributed by atoms with Gasteiger partial charge in [0, 0.05) is 32.3 Å². The van der Waals surface area contributed by atoms with Gasteiger partial charge in [0.25, 0.3) is 0 Å². The van der Waals surface area contributed by atoms with Gasteiger partial charge in [-0.05, 0) is 28.8 Å². The van der Waals surface area contributed by atoms with Crippen LogP contribution in [0.2, 0.25) is 0 Å². The van der Waals surface area contributed by atoms with Crippen LogP contribution in [0.4, 0.5) is 11.4 Å². The molecule has 0 aromatic carbocycles. The number of anilines is 2. The number of rotatable bonds is 2. The van der Waals surface area contributed by atoms with Gasteiger partial charge in [-0.15, -0.1) is 0 Å². The average molecular weight is 313 g/mol. The summed E-state index contributed by atoms with van der Waals surface area (Å²) in [6.45, 7) is 1.68. The number of nitrogens with one attached hydrogen (secondary N) is 1. The van der Waals surface area contributed by atoms with E-state index < -0.39 is 0 Å². The molecule has 2 heterocycles. The Kier molecular flexibility index (Phi) is 4.06. The molecule has 6 heteroatoms. The topological polar surface area (TPSA) is 71.2 Å². The van der Waals surface area contributed by atoms with Crippen molar-refractivity contribution >= 4 is 33.2 Å². The number of pyridine rings is 1. The molecule has 98 valence electrons. The van der Waals surface area contributed by atoms with Gasteiger partial charge in [0.05, 0.1) is 22.0 Å². The van der Waals surface area contributed by atoms with Crippen LogP contribution >= 0.6 is 15.9 Å². The summed E-state index contributed by atoms with van der Waals surface area (Å²) in [5, 5.41) is 2.71. The maximum Gasteiger partial charge on any atom is 0.222 e. The fraction of sp³-hybridized carbons (Fsp3) is 0.500. The van der Waals surface area contributed by atoms with Crippen molar-refractivity contribution in [2.24, 2.45) is 5.92 Å². The molecule has 0 spiro atoms. The highest BCUT2D eigenvalue weighted by molar-refractivity contribution is 9.10. The summed E-state index contributed by atoms with van der Waals surface area (Å²) in [7, 11) is 1.69. The first-order valence-electron chi connectivity index (χ1n) is 5.99. The summed E-state index contributed by atoms with van der Waals surface area (Å²) in [6, 6.07) is 0. The van der Waals surface area contributed by atoms with Gasteiger partial charge in [-0.25, -0.2) is 0 Å². The Balaban J connectivity index is 2.08. The molecule has 0 radical (unpaired) electrons. The van der Waals surface area contributed by atoms with Crippen molar-refractivity contribution in [3.05, 3.63) is 16.9 Å². The number of hydrogen-bond acceptors (Lipinski definition) is 4. The van der Waals surface area contributed by atoms with Crippen LogP contribution in [-0.4, -0.2) is 31.0 Å². The van der Waals surface area contributed by atoms with Crippen molar-refractivity contribution in [3.63, 3.8) is 0 Å². The van der Waals surface area contributed by atoms with E-state index in [0.717, 1.165) is 36.1 Å². The summed E-state index contributed by atoms with van der Waals surface area (Å²) in [5.41, 5.74) is 7.62. The molecular formula is C12H17BrN4O. The normalized spacial score (nSPS) is 16.7. The Morgan fingerprint density at radius 2 is 2.17 bits per heavy atom. The van der Waals surface area contributed by atoms with E-state index in [9.17, 15) is 4.79 Å². The predicted molar refractivity (Wildman–Crippen MR) is 75.4 cm³/mol. The number of carbonyl (C=O) groups is 1. The zero-order valence-electron chi connectivity index (χ0n) is 10.3. The molecule has 0 atom stereocenters. The Labute approximate surface area is 115 Å². The van der Waals surface area contributed by atoms with E-state index in [0.29, 0.717) is 5.69 Å².